The highest BCUT2D eigenvalue weighted by molar-refractivity contribution is 6.32. The lowest BCUT2D eigenvalue weighted by atomic mass is 10.0. The van der Waals surface area contributed by atoms with Gasteiger partial charge in [-0.3, -0.25) is 9.78 Å². The summed E-state index contributed by atoms with van der Waals surface area (Å²) in [5, 5.41) is 6.89. The van der Waals surface area contributed by atoms with E-state index in [1.807, 2.05) is 32.0 Å². The van der Waals surface area contributed by atoms with Crippen molar-refractivity contribution in [3.05, 3.63) is 52.9 Å². The first-order valence-electron chi connectivity index (χ1n) is 11.2. The number of carbonyl (C=O) groups excluding carboxylic acids is 1. The number of nitrogens with zero attached hydrogens (tertiary/aromatic N) is 1. The van der Waals surface area contributed by atoms with E-state index in [1.165, 1.54) is 0 Å². The second-order valence-electron chi connectivity index (χ2n) is 8.31. The van der Waals surface area contributed by atoms with Gasteiger partial charge < -0.3 is 29.8 Å². The first-order valence-corrected chi connectivity index (χ1v) is 11.6. The normalized spacial score (nSPS) is 15.9. The molecule has 0 saturated carbocycles. The van der Waals surface area contributed by atoms with Crippen molar-refractivity contribution in [2.45, 2.75) is 38.8 Å². The summed E-state index contributed by atoms with van der Waals surface area (Å²) in [6.45, 7) is 4.44. The van der Waals surface area contributed by atoms with Crippen LogP contribution in [-0.2, 0) is 11.2 Å². The topological polar surface area (TPSA) is 97.5 Å². The van der Waals surface area contributed by atoms with Crippen molar-refractivity contribution in [1.29, 1.82) is 0 Å². The molecule has 0 saturated heterocycles. The zero-order chi connectivity index (χ0) is 24.2. The van der Waals surface area contributed by atoms with Crippen LogP contribution in [0.5, 0.6) is 11.5 Å². The lowest BCUT2D eigenvalue weighted by molar-refractivity contribution is 0.0929. The van der Waals surface area contributed by atoms with E-state index in [9.17, 15) is 4.79 Å². The summed E-state index contributed by atoms with van der Waals surface area (Å²) in [7, 11) is 3.24. The molecule has 1 aromatic carbocycles. The zero-order valence-corrected chi connectivity index (χ0v) is 20.5. The Morgan fingerprint density at radius 2 is 2.12 bits per heavy atom. The van der Waals surface area contributed by atoms with Crippen LogP contribution in [0.3, 0.4) is 0 Å². The molecule has 2 atom stereocenters. The second kappa shape index (κ2) is 10.4. The van der Waals surface area contributed by atoms with Gasteiger partial charge in [0.25, 0.3) is 5.91 Å². The number of carbonyl (C=O) groups is 1. The Balaban J connectivity index is 1.80. The highest BCUT2D eigenvalue weighted by Crippen LogP contribution is 2.43. The number of methoxy groups -OCH3 is 2. The van der Waals surface area contributed by atoms with Crippen LogP contribution in [0.2, 0.25) is 5.02 Å². The van der Waals surface area contributed by atoms with Gasteiger partial charge in [0.15, 0.2) is 5.75 Å². The van der Waals surface area contributed by atoms with E-state index in [4.69, 9.17) is 25.8 Å². The lowest BCUT2D eigenvalue weighted by Gasteiger charge is -2.21. The zero-order valence-electron chi connectivity index (χ0n) is 19.7. The van der Waals surface area contributed by atoms with Crippen LogP contribution in [0.1, 0.15) is 36.3 Å². The molecule has 0 bridgehead atoms. The first-order chi connectivity index (χ1) is 16.4. The molecule has 3 heterocycles. The minimum absolute atomic E-state index is 0.0174. The number of hydrogen-bond acceptors (Lipinski definition) is 6. The fourth-order valence-electron chi connectivity index (χ4n) is 4.04. The third-order valence-corrected chi connectivity index (χ3v) is 6.16. The van der Waals surface area contributed by atoms with Crippen LogP contribution in [0.15, 0.2) is 36.7 Å². The number of anilines is 2. The number of amides is 1. The SMILES string of the molecule is COc1c(Cl)cccc1Nc1c(-c2ccncc2OCC[C@H](C)OC)[nH]c2c1C(=O)N[C@H](C)C2. The number of aromatic nitrogens is 2. The van der Waals surface area contributed by atoms with E-state index in [0.717, 1.165) is 23.4 Å². The monoisotopic (exact) mass is 484 g/mol. The Bertz CT molecular complexity index is 1180. The van der Waals surface area contributed by atoms with Crippen molar-refractivity contribution in [3.8, 4) is 22.8 Å². The van der Waals surface area contributed by atoms with E-state index < -0.39 is 0 Å². The van der Waals surface area contributed by atoms with Crippen LogP contribution < -0.4 is 20.1 Å². The number of halogens is 1. The fourth-order valence-corrected chi connectivity index (χ4v) is 4.29. The Kier molecular flexibility index (Phi) is 7.29. The summed E-state index contributed by atoms with van der Waals surface area (Å²) in [5.41, 5.74) is 4.21. The average molecular weight is 485 g/mol. The minimum Gasteiger partial charge on any atom is -0.493 e. The Morgan fingerprint density at radius 3 is 2.88 bits per heavy atom. The summed E-state index contributed by atoms with van der Waals surface area (Å²) >= 11 is 6.35. The standard InChI is InChI=1S/C25H29ClN4O4/c1-14-12-19-21(25(31)28-14)23(29-18-7-5-6-17(26)24(18)33-4)22(30-19)16-8-10-27-13-20(16)34-11-9-15(2)32-3/h5-8,10,13-15,29-30H,9,11-12H2,1-4H3,(H,28,31)/t14-,15+/m1/s1. The van der Waals surface area contributed by atoms with Gasteiger partial charge in [-0.1, -0.05) is 17.7 Å². The van der Waals surface area contributed by atoms with Gasteiger partial charge in [-0.05, 0) is 32.0 Å². The van der Waals surface area contributed by atoms with Crippen molar-refractivity contribution < 1.29 is 19.0 Å². The van der Waals surface area contributed by atoms with Crippen LogP contribution in [0.4, 0.5) is 11.4 Å². The molecule has 3 aromatic rings. The number of rotatable bonds is 9. The molecule has 0 unspecified atom stereocenters. The molecule has 3 N–H and O–H groups in total. The quantitative estimate of drug-likeness (QED) is 0.397. The summed E-state index contributed by atoms with van der Waals surface area (Å²) in [6, 6.07) is 7.32. The molecule has 0 radical (unpaired) electrons. The van der Waals surface area contributed by atoms with Crippen molar-refractivity contribution in [1.82, 2.24) is 15.3 Å². The number of fused-ring (bicyclic) bond motifs is 1. The third-order valence-electron chi connectivity index (χ3n) is 5.86. The van der Waals surface area contributed by atoms with Crippen molar-refractivity contribution >= 4 is 28.9 Å². The highest BCUT2D eigenvalue weighted by Gasteiger charge is 2.31. The Morgan fingerprint density at radius 1 is 1.29 bits per heavy atom. The molecule has 34 heavy (non-hydrogen) atoms. The van der Waals surface area contributed by atoms with Crippen molar-refractivity contribution in [3.63, 3.8) is 0 Å². The summed E-state index contributed by atoms with van der Waals surface area (Å²) < 4.78 is 16.9. The molecule has 1 aliphatic rings. The van der Waals surface area contributed by atoms with Gasteiger partial charge in [0.2, 0.25) is 0 Å². The molecule has 9 heteroatoms. The lowest BCUT2D eigenvalue weighted by Crippen LogP contribution is -2.39. The summed E-state index contributed by atoms with van der Waals surface area (Å²) in [5.74, 6) is 0.957. The number of H-pyrrole nitrogens is 1. The van der Waals surface area contributed by atoms with Crippen LogP contribution >= 0.6 is 11.6 Å². The molecular formula is C25H29ClN4O4. The Hall–Kier alpha value is -3.23. The number of nitrogens with one attached hydrogen (secondary N) is 3. The number of benzene rings is 1. The van der Waals surface area contributed by atoms with Gasteiger partial charge in [-0.15, -0.1) is 0 Å². The molecule has 1 aliphatic heterocycles. The molecular weight excluding hydrogens is 456 g/mol. The molecule has 0 aliphatic carbocycles. The fraction of sp³-hybridized carbons (Fsp3) is 0.360. The summed E-state index contributed by atoms with van der Waals surface area (Å²) in [4.78, 5) is 20.8. The summed E-state index contributed by atoms with van der Waals surface area (Å²) in [6.07, 6.45) is 4.87. The number of pyridine rings is 1. The Labute approximate surface area is 204 Å². The van der Waals surface area contributed by atoms with Crippen molar-refractivity contribution in [2.75, 3.05) is 26.1 Å². The highest BCUT2D eigenvalue weighted by atomic mass is 35.5. The largest absolute Gasteiger partial charge is 0.493 e. The molecule has 180 valence electrons. The van der Waals surface area contributed by atoms with E-state index in [0.29, 0.717) is 46.5 Å². The van der Waals surface area contributed by atoms with Gasteiger partial charge in [0.05, 0.1) is 53.7 Å². The molecule has 4 rings (SSSR count). The second-order valence-corrected chi connectivity index (χ2v) is 8.72. The smallest absolute Gasteiger partial charge is 0.255 e. The predicted molar refractivity (Wildman–Crippen MR) is 133 cm³/mol. The van der Waals surface area contributed by atoms with Gasteiger partial charge in [0.1, 0.15) is 5.75 Å². The molecule has 0 fully saturated rings. The van der Waals surface area contributed by atoms with Gasteiger partial charge >= 0.3 is 0 Å². The van der Waals surface area contributed by atoms with Crippen LogP contribution in [0.25, 0.3) is 11.3 Å². The number of hydrogen-bond donors (Lipinski definition) is 3. The first kappa shape index (κ1) is 23.9. The molecule has 8 nitrogen and oxygen atoms in total. The van der Waals surface area contributed by atoms with Gasteiger partial charge in [-0.25, -0.2) is 0 Å². The number of aromatic amines is 1. The van der Waals surface area contributed by atoms with Crippen LogP contribution in [0, 0.1) is 0 Å². The minimum atomic E-state index is -0.148. The maximum Gasteiger partial charge on any atom is 0.255 e. The van der Waals surface area contributed by atoms with Crippen LogP contribution in [-0.4, -0.2) is 48.8 Å². The number of para-hydroxylation sites is 1. The van der Waals surface area contributed by atoms with Crippen molar-refractivity contribution in [2.24, 2.45) is 0 Å². The maximum atomic E-state index is 13.1. The van der Waals surface area contributed by atoms with Gasteiger partial charge in [-0.2, -0.15) is 0 Å². The van der Waals surface area contributed by atoms with E-state index in [1.54, 1.807) is 32.7 Å². The van der Waals surface area contributed by atoms with Gasteiger partial charge in [0, 0.05) is 43.4 Å². The average Bonchev–Trinajstić information content (AvgIpc) is 3.17. The van der Waals surface area contributed by atoms with E-state index in [-0.39, 0.29) is 18.1 Å². The molecule has 0 spiro atoms. The molecule has 1 amide bonds. The third kappa shape index (κ3) is 4.83. The predicted octanol–water partition coefficient (Wildman–Crippen LogP) is 4.96. The van der Waals surface area contributed by atoms with E-state index in [2.05, 4.69) is 20.6 Å². The van der Waals surface area contributed by atoms with E-state index >= 15 is 0 Å². The maximum absolute atomic E-state index is 13.1. The molecule has 2 aromatic heterocycles. The number of ether oxygens (including phenoxy) is 3.